The minimum Gasteiger partial charge on any atom is -0.349 e. The largest absolute Gasteiger partial charge is 0.349 e. The van der Waals surface area contributed by atoms with Crippen molar-refractivity contribution in [1.82, 2.24) is 0 Å². The third kappa shape index (κ3) is 1.44. The summed E-state index contributed by atoms with van der Waals surface area (Å²) in [6.45, 7) is 2.74. The summed E-state index contributed by atoms with van der Waals surface area (Å²) in [5, 5.41) is 0.775. The average Bonchev–Trinajstić information content (AvgIpc) is 2.14. The Bertz CT molecular complexity index is 76.8. The standard InChI is InChI=1S/C5H9BrO2/c1-4-3-7-5(2-6)8-4/h4-5H,2-3H2,1H3/t4-,5+/m1/s1. The fraction of sp³-hybridized carbons (Fsp3) is 1.00. The first kappa shape index (κ1) is 6.52. The van der Waals surface area contributed by atoms with Crippen molar-refractivity contribution in [2.75, 3.05) is 11.9 Å². The summed E-state index contributed by atoms with van der Waals surface area (Å²) in [6.07, 6.45) is 0.266. The predicted molar refractivity (Wildman–Crippen MR) is 34.1 cm³/mol. The zero-order valence-corrected chi connectivity index (χ0v) is 6.35. The van der Waals surface area contributed by atoms with Crippen LogP contribution in [0.25, 0.3) is 0 Å². The highest BCUT2D eigenvalue weighted by atomic mass is 79.9. The van der Waals surface area contributed by atoms with Gasteiger partial charge in [-0.1, -0.05) is 15.9 Å². The van der Waals surface area contributed by atoms with Crippen molar-refractivity contribution in [1.29, 1.82) is 0 Å². The van der Waals surface area contributed by atoms with Gasteiger partial charge in [0, 0.05) is 0 Å². The normalized spacial score (nSPS) is 38.2. The molecule has 0 radical (unpaired) electrons. The fourth-order valence-corrected chi connectivity index (χ4v) is 1.00. The van der Waals surface area contributed by atoms with Gasteiger partial charge in [-0.3, -0.25) is 0 Å². The van der Waals surface area contributed by atoms with E-state index >= 15 is 0 Å². The Morgan fingerprint density at radius 1 is 1.75 bits per heavy atom. The summed E-state index contributed by atoms with van der Waals surface area (Å²) < 4.78 is 10.4. The number of ether oxygens (including phenoxy) is 2. The average molecular weight is 181 g/mol. The lowest BCUT2D eigenvalue weighted by molar-refractivity contribution is -0.0342. The summed E-state index contributed by atoms with van der Waals surface area (Å²) in [4.78, 5) is 0. The van der Waals surface area contributed by atoms with Crippen molar-refractivity contribution in [3.05, 3.63) is 0 Å². The number of halogens is 1. The molecule has 0 amide bonds. The molecule has 0 aromatic rings. The molecule has 1 aliphatic rings. The van der Waals surface area contributed by atoms with Crippen LogP contribution < -0.4 is 0 Å². The van der Waals surface area contributed by atoms with Crippen molar-refractivity contribution in [3.8, 4) is 0 Å². The highest BCUT2D eigenvalue weighted by Gasteiger charge is 2.20. The molecule has 1 rings (SSSR count). The molecule has 1 heterocycles. The predicted octanol–water partition coefficient (Wildman–Crippen LogP) is 1.14. The first-order chi connectivity index (χ1) is 3.83. The van der Waals surface area contributed by atoms with E-state index in [1.807, 2.05) is 6.92 Å². The van der Waals surface area contributed by atoms with Gasteiger partial charge in [-0.15, -0.1) is 0 Å². The van der Waals surface area contributed by atoms with Gasteiger partial charge >= 0.3 is 0 Å². The molecule has 0 aromatic carbocycles. The fourth-order valence-electron chi connectivity index (χ4n) is 0.661. The Hall–Kier alpha value is 0.400. The summed E-state index contributed by atoms with van der Waals surface area (Å²) in [5.74, 6) is 0. The molecule has 2 nitrogen and oxygen atoms in total. The molecule has 0 unspecified atom stereocenters. The second-order valence-corrected chi connectivity index (χ2v) is 2.51. The lowest BCUT2D eigenvalue weighted by Crippen LogP contribution is -2.09. The van der Waals surface area contributed by atoms with Crippen LogP contribution in [0.1, 0.15) is 6.92 Å². The van der Waals surface area contributed by atoms with Crippen LogP contribution in [0, 0.1) is 0 Å². The lowest BCUT2D eigenvalue weighted by atomic mass is 10.5. The van der Waals surface area contributed by atoms with Crippen LogP contribution in [-0.2, 0) is 9.47 Å². The van der Waals surface area contributed by atoms with E-state index in [0.717, 1.165) is 11.9 Å². The molecule has 0 N–H and O–H groups in total. The zero-order valence-electron chi connectivity index (χ0n) is 4.76. The van der Waals surface area contributed by atoms with Gasteiger partial charge in [-0.2, -0.15) is 0 Å². The Morgan fingerprint density at radius 3 is 2.75 bits per heavy atom. The van der Waals surface area contributed by atoms with Crippen molar-refractivity contribution in [2.45, 2.75) is 19.3 Å². The summed E-state index contributed by atoms with van der Waals surface area (Å²) in [6, 6.07) is 0. The number of alkyl halides is 1. The first-order valence-corrected chi connectivity index (χ1v) is 3.78. The van der Waals surface area contributed by atoms with E-state index in [0.29, 0.717) is 0 Å². The molecule has 8 heavy (non-hydrogen) atoms. The van der Waals surface area contributed by atoms with Gasteiger partial charge < -0.3 is 9.47 Å². The van der Waals surface area contributed by atoms with E-state index in [-0.39, 0.29) is 12.4 Å². The molecule has 0 aromatic heterocycles. The van der Waals surface area contributed by atoms with Crippen LogP contribution in [0.2, 0.25) is 0 Å². The van der Waals surface area contributed by atoms with Gasteiger partial charge in [-0.25, -0.2) is 0 Å². The van der Waals surface area contributed by atoms with Crippen molar-refractivity contribution in [2.24, 2.45) is 0 Å². The smallest absolute Gasteiger partial charge is 0.167 e. The van der Waals surface area contributed by atoms with Crippen LogP contribution in [0.3, 0.4) is 0 Å². The van der Waals surface area contributed by atoms with Crippen LogP contribution >= 0.6 is 15.9 Å². The molecule has 0 aliphatic carbocycles. The molecular formula is C5H9BrO2. The minimum atomic E-state index is -0.00926. The molecule has 3 heteroatoms. The Labute approximate surface area is 57.3 Å². The Morgan fingerprint density at radius 2 is 2.50 bits per heavy atom. The molecule has 0 bridgehead atoms. The molecular weight excluding hydrogens is 172 g/mol. The second-order valence-electron chi connectivity index (χ2n) is 1.86. The van der Waals surface area contributed by atoms with Gasteiger partial charge in [-0.05, 0) is 6.92 Å². The van der Waals surface area contributed by atoms with E-state index in [4.69, 9.17) is 9.47 Å². The lowest BCUT2D eigenvalue weighted by Gasteiger charge is -2.02. The third-order valence-electron chi connectivity index (χ3n) is 1.03. The van der Waals surface area contributed by atoms with Gasteiger partial charge in [0.25, 0.3) is 0 Å². The third-order valence-corrected chi connectivity index (χ3v) is 1.56. The molecule has 1 saturated heterocycles. The Balaban J connectivity index is 2.22. The topological polar surface area (TPSA) is 18.5 Å². The van der Waals surface area contributed by atoms with Crippen LogP contribution in [0.4, 0.5) is 0 Å². The molecule has 1 aliphatic heterocycles. The summed E-state index contributed by atoms with van der Waals surface area (Å²) in [7, 11) is 0. The zero-order chi connectivity index (χ0) is 5.98. The van der Waals surface area contributed by atoms with Crippen molar-refractivity contribution in [3.63, 3.8) is 0 Å². The highest BCUT2D eigenvalue weighted by molar-refractivity contribution is 9.09. The second kappa shape index (κ2) is 2.80. The van der Waals surface area contributed by atoms with Gasteiger partial charge in [0.2, 0.25) is 0 Å². The van der Waals surface area contributed by atoms with Crippen molar-refractivity contribution < 1.29 is 9.47 Å². The first-order valence-electron chi connectivity index (χ1n) is 2.66. The highest BCUT2D eigenvalue weighted by Crippen LogP contribution is 2.11. The van der Waals surface area contributed by atoms with Crippen LogP contribution in [0.5, 0.6) is 0 Å². The summed E-state index contributed by atoms with van der Waals surface area (Å²) in [5.41, 5.74) is 0. The van der Waals surface area contributed by atoms with E-state index in [1.54, 1.807) is 0 Å². The molecule has 0 spiro atoms. The maximum Gasteiger partial charge on any atom is 0.167 e. The van der Waals surface area contributed by atoms with Crippen molar-refractivity contribution >= 4 is 15.9 Å². The van der Waals surface area contributed by atoms with Gasteiger partial charge in [0.05, 0.1) is 18.0 Å². The van der Waals surface area contributed by atoms with E-state index in [9.17, 15) is 0 Å². The quantitative estimate of drug-likeness (QED) is 0.564. The number of hydrogen-bond donors (Lipinski definition) is 0. The summed E-state index contributed by atoms with van der Waals surface area (Å²) >= 11 is 3.25. The van der Waals surface area contributed by atoms with Crippen LogP contribution in [0.15, 0.2) is 0 Å². The minimum absolute atomic E-state index is 0.00926. The monoisotopic (exact) mass is 180 g/mol. The van der Waals surface area contributed by atoms with Gasteiger partial charge in [0.1, 0.15) is 0 Å². The molecule has 48 valence electrons. The van der Waals surface area contributed by atoms with Gasteiger partial charge in [0.15, 0.2) is 6.29 Å². The molecule has 1 fully saturated rings. The Kier molecular flexibility index (Phi) is 2.28. The van der Waals surface area contributed by atoms with E-state index in [1.165, 1.54) is 0 Å². The van der Waals surface area contributed by atoms with E-state index < -0.39 is 0 Å². The molecule has 0 saturated carbocycles. The van der Waals surface area contributed by atoms with Crippen LogP contribution in [-0.4, -0.2) is 24.3 Å². The molecule has 2 atom stereocenters. The number of rotatable bonds is 1. The van der Waals surface area contributed by atoms with E-state index in [2.05, 4.69) is 15.9 Å². The number of hydrogen-bond acceptors (Lipinski definition) is 2. The maximum atomic E-state index is 5.24. The SMILES string of the molecule is C[C@@H]1CO[C@H](CBr)O1. The maximum absolute atomic E-state index is 5.24.